The summed E-state index contributed by atoms with van der Waals surface area (Å²) < 4.78 is 0. The molecule has 0 radical (unpaired) electrons. The summed E-state index contributed by atoms with van der Waals surface area (Å²) in [5.41, 5.74) is 0. The standard InChI is InChI=1S/C8H17NO3/c1-2-3-6-9-7-4-5-8(10)12-11/h9,11H,2-7H2,1H3. The molecule has 0 saturated heterocycles. The molecule has 0 aliphatic carbocycles. The van der Waals surface area contributed by atoms with Crippen molar-refractivity contribution >= 4 is 5.97 Å². The second kappa shape index (κ2) is 8.49. The second-order valence-corrected chi connectivity index (χ2v) is 2.67. The Hall–Kier alpha value is -0.610. The van der Waals surface area contributed by atoms with Crippen LogP contribution in [0.2, 0.25) is 0 Å². The third kappa shape index (κ3) is 7.50. The van der Waals surface area contributed by atoms with E-state index in [1.807, 2.05) is 0 Å². The summed E-state index contributed by atoms with van der Waals surface area (Å²) >= 11 is 0. The van der Waals surface area contributed by atoms with Crippen LogP contribution in [-0.4, -0.2) is 24.3 Å². The Kier molecular flexibility index (Phi) is 8.05. The predicted octanol–water partition coefficient (Wildman–Crippen LogP) is 1.17. The smallest absolute Gasteiger partial charge is 0.317 e. The molecule has 0 bridgehead atoms. The van der Waals surface area contributed by atoms with Crippen molar-refractivity contribution in [3.05, 3.63) is 0 Å². The summed E-state index contributed by atoms with van der Waals surface area (Å²) in [5.74, 6) is -0.563. The minimum absolute atomic E-state index is 0.273. The first-order valence-corrected chi connectivity index (χ1v) is 4.36. The maximum Gasteiger partial charge on any atom is 0.342 e. The van der Waals surface area contributed by atoms with E-state index >= 15 is 0 Å². The molecule has 0 aliphatic rings. The quantitative estimate of drug-likeness (QED) is 0.346. The van der Waals surface area contributed by atoms with Crippen LogP contribution in [0.15, 0.2) is 0 Å². The Morgan fingerprint density at radius 3 is 2.67 bits per heavy atom. The van der Waals surface area contributed by atoms with Crippen LogP contribution < -0.4 is 5.32 Å². The van der Waals surface area contributed by atoms with Gasteiger partial charge in [0.2, 0.25) is 0 Å². The number of unbranched alkanes of at least 4 members (excludes halogenated alkanes) is 1. The molecule has 4 heteroatoms. The summed E-state index contributed by atoms with van der Waals surface area (Å²) in [5, 5.41) is 11.1. The molecule has 2 N–H and O–H groups in total. The van der Waals surface area contributed by atoms with E-state index in [1.165, 1.54) is 6.42 Å². The van der Waals surface area contributed by atoms with Crippen molar-refractivity contribution in [1.29, 1.82) is 0 Å². The summed E-state index contributed by atoms with van der Waals surface area (Å²) in [6.45, 7) is 3.92. The second-order valence-electron chi connectivity index (χ2n) is 2.67. The molecule has 0 fully saturated rings. The molecule has 12 heavy (non-hydrogen) atoms. The molecular formula is C8H17NO3. The van der Waals surface area contributed by atoms with E-state index in [9.17, 15) is 4.79 Å². The van der Waals surface area contributed by atoms with E-state index in [4.69, 9.17) is 5.26 Å². The van der Waals surface area contributed by atoms with E-state index in [2.05, 4.69) is 17.1 Å². The minimum Gasteiger partial charge on any atom is -0.317 e. The van der Waals surface area contributed by atoms with Gasteiger partial charge in [0.1, 0.15) is 0 Å². The topological polar surface area (TPSA) is 58.6 Å². The van der Waals surface area contributed by atoms with Crippen LogP contribution in [0.1, 0.15) is 32.6 Å². The van der Waals surface area contributed by atoms with E-state index in [1.54, 1.807) is 0 Å². The summed E-state index contributed by atoms with van der Waals surface area (Å²) in [7, 11) is 0. The van der Waals surface area contributed by atoms with Gasteiger partial charge in [-0.25, -0.2) is 4.79 Å². The largest absolute Gasteiger partial charge is 0.342 e. The average Bonchev–Trinajstić information content (AvgIpc) is 2.10. The third-order valence-electron chi connectivity index (χ3n) is 1.54. The number of nitrogens with one attached hydrogen (secondary N) is 1. The lowest BCUT2D eigenvalue weighted by atomic mass is 10.3. The van der Waals surface area contributed by atoms with Gasteiger partial charge in [0.15, 0.2) is 0 Å². The summed E-state index contributed by atoms with van der Waals surface area (Å²) in [6, 6.07) is 0. The van der Waals surface area contributed by atoms with Gasteiger partial charge in [-0.3, -0.25) is 0 Å². The average molecular weight is 175 g/mol. The Balaban J connectivity index is 2.95. The fourth-order valence-corrected chi connectivity index (χ4v) is 0.830. The number of carbonyl (C=O) groups excluding carboxylic acids is 1. The number of hydrogen-bond donors (Lipinski definition) is 2. The highest BCUT2D eigenvalue weighted by Crippen LogP contribution is 1.90. The van der Waals surface area contributed by atoms with Crippen molar-refractivity contribution in [3.63, 3.8) is 0 Å². The third-order valence-corrected chi connectivity index (χ3v) is 1.54. The lowest BCUT2D eigenvalue weighted by Crippen LogP contribution is -2.17. The predicted molar refractivity (Wildman–Crippen MR) is 45.7 cm³/mol. The van der Waals surface area contributed by atoms with Crippen molar-refractivity contribution in [1.82, 2.24) is 5.32 Å². The molecule has 0 amide bonds. The van der Waals surface area contributed by atoms with Gasteiger partial charge >= 0.3 is 5.97 Å². The normalized spacial score (nSPS) is 9.83. The molecule has 0 aromatic rings. The van der Waals surface area contributed by atoms with Crippen LogP contribution in [0.5, 0.6) is 0 Å². The first-order valence-electron chi connectivity index (χ1n) is 4.36. The monoisotopic (exact) mass is 175 g/mol. The zero-order chi connectivity index (χ0) is 9.23. The number of rotatable bonds is 7. The Labute approximate surface area is 72.8 Å². The fraction of sp³-hybridized carbons (Fsp3) is 0.875. The molecule has 0 aromatic carbocycles. The summed E-state index contributed by atoms with van der Waals surface area (Å²) in [4.78, 5) is 13.9. The lowest BCUT2D eigenvalue weighted by molar-refractivity contribution is -0.234. The van der Waals surface area contributed by atoms with Gasteiger partial charge in [0.25, 0.3) is 0 Å². The molecule has 0 unspecified atom stereocenters. The van der Waals surface area contributed by atoms with Crippen LogP contribution in [0.4, 0.5) is 0 Å². The van der Waals surface area contributed by atoms with Gasteiger partial charge in [0, 0.05) is 0 Å². The van der Waals surface area contributed by atoms with Crippen LogP contribution in [0.25, 0.3) is 0 Å². The van der Waals surface area contributed by atoms with Gasteiger partial charge in [-0.15, -0.1) is 0 Å². The first-order chi connectivity index (χ1) is 5.81. The van der Waals surface area contributed by atoms with Crippen LogP contribution >= 0.6 is 0 Å². The van der Waals surface area contributed by atoms with Crippen molar-refractivity contribution < 1.29 is 14.9 Å². The highest BCUT2D eigenvalue weighted by Gasteiger charge is 1.99. The molecule has 0 spiro atoms. The zero-order valence-corrected chi connectivity index (χ0v) is 7.51. The molecular weight excluding hydrogens is 158 g/mol. The van der Waals surface area contributed by atoms with Crippen LogP contribution in [0, 0.1) is 0 Å². The molecule has 72 valence electrons. The highest BCUT2D eigenvalue weighted by atomic mass is 17.1. The molecule has 0 rings (SSSR count). The van der Waals surface area contributed by atoms with Gasteiger partial charge in [-0.2, -0.15) is 5.26 Å². The van der Waals surface area contributed by atoms with Gasteiger partial charge in [0.05, 0.1) is 6.42 Å². The van der Waals surface area contributed by atoms with Crippen LogP contribution in [-0.2, 0) is 9.68 Å². The van der Waals surface area contributed by atoms with Gasteiger partial charge in [-0.1, -0.05) is 13.3 Å². The Morgan fingerprint density at radius 1 is 1.42 bits per heavy atom. The molecule has 0 saturated carbocycles. The molecule has 0 heterocycles. The minimum atomic E-state index is -0.563. The first kappa shape index (κ1) is 11.4. The number of carbonyl (C=O) groups is 1. The van der Waals surface area contributed by atoms with Gasteiger partial charge < -0.3 is 10.2 Å². The van der Waals surface area contributed by atoms with Gasteiger partial charge in [-0.05, 0) is 25.9 Å². The maximum atomic E-state index is 10.4. The van der Waals surface area contributed by atoms with Crippen molar-refractivity contribution in [2.45, 2.75) is 32.6 Å². The lowest BCUT2D eigenvalue weighted by Gasteiger charge is -2.01. The van der Waals surface area contributed by atoms with Crippen molar-refractivity contribution in [3.8, 4) is 0 Å². The Bertz CT molecular complexity index is 117. The summed E-state index contributed by atoms with van der Waals surface area (Å²) in [6.07, 6.45) is 3.31. The van der Waals surface area contributed by atoms with Crippen molar-refractivity contribution in [2.75, 3.05) is 13.1 Å². The maximum absolute atomic E-state index is 10.4. The highest BCUT2D eigenvalue weighted by molar-refractivity contribution is 5.68. The van der Waals surface area contributed by atoms with E-state index in [-0.39, 0.29) is 6.42 Å². The fourth-order valence-electron chi connectivity index (χ4n) is 0.830. The zero-order valence-electron chi connectivity index (χ0n) is 7.51. The molecule has 0 aromatic heterocycles. The Morgan fingerprint density at radius 2 is 2.08 bits per heavy atom. The SMILES string of the molecule is CCCCNCCCC(=O)OO. The van der Waals surface area contributed by atoms with Crippen LogP contribution in [0.3, 0.4) is 0 Å². The molecule has 4 nitrogen and oxygen atoms in total. The van der Waals surface area contributed by atoms with E-state index in [0.29, 0.717) is 6.42 Å². The molecule has 0 aliphatic heterocycles. The molecule has 0 atom stereocenters. The van der Waals surface area contributed by atoms with E-state index < -0.39 is 5.97 Å². The van der Waals surface area contributed by atoms with Crippen molar-refractivity contribution in [2.24, 2.45) is 0 Å². The van der Waals surface area contributed by atoms with E-state index in [0.717, 1.165) is 19.5 Å². The number of hydrogen-bond acceptors (Lipinski definition) is 4.